The Hall–Kier alpha value is -2.52. The van der Waals surface area contributed by atoms with Gasteiger partial charge in [0.2, 0.25) is 5.91 Å². The number of urea groups is 1. The van der Waals surface area contributed by atoms with Crippen LogP contribution in [-0.2, 0) is 11.0 Å². The van der Waals surface area contributed by atoms with E-state index in [-0.39, 0.29) is 23.9 Å². The number of carbonyl (C=O) groups is 2. The molecule has 2 aliphatic rings. The molecule has 0 unspecified atom stereocenters. The van der Waals surface area contributed by atoms with Gasteiger partial charge in [-0.15, -0.1) is 0 Å². The van der Waals surface area contributed by atoms with Crippen molar-refractivity contribution in [2.24, 2.45) is 5.92 Å². The number of alkyl halides is 3. The quantitative estimate of drug-likeness (QED) is 0.805. The topological polar surface area (TPSA) is 68.8 Å². The van der Waals surface area contributed by atoms with Gasteiger partial charge in [-0.1, -0.05) is 0 Å². The van der Waals surface area contributed by atoms with E-state index in [1.165, 1.54) is 11.0 Å². The molecule has 1 aromatic heterocycles. The highest BCUT2D eigenvalue weighted by atomic mass is 19.4. The first-order valence-electron chi connectivity index (χ1n) is 10.2. The normalized spacial score (nSPS) is 20.8. The molecule has 3 heterocycles. The molecule has 10 heteroatoms. The molecule has 3 amide bonds. The fourth-order valence-corrected chi connectivity index (χ4v) is 3.98. The van der Waals surface area contributed by atoms with E-state index in [9.17, 15) is 22.8 Å². The molecule has 0 radical (unpaired) electrons. The Morgan fingerprint density at radius 2 is 1.83 bits per heavy atom. The lowest BCUT2D eigenvalue weighted by molar-refractivity contribution is -0.137. The van der Waals surface area contributed by atoms with E-state index in [0.717, 1.165) is 25.1 Å². The van der Waals surface area contributed by atoms with Crippen LogP contribution in [0.15, 0.2) is 18.3 Å². The van der Waals surface area contributed by atoms with Crippen LogP contribution in [0.25, 0.3) is 0 Å². The van der Waals surface area contributed by atoms with Gasteiger partial charge in [0.1, 0.15) is 5.82 Å². The Balaban J connectivity index is 1.51. The summed E-state index contributed by atoms with van der Waals surface area (Å²) in [6.07, 6.45) is -0.661. The number of nitrogens with zero attached hydrogens (tertiary/aromatic N) is 4. The van der Waals surface area contributed by atoms with Gasteiger partial charge in [0, 0.05) is 58.4 Å². The van der Waals surface area contributed by atoms with E-state index in [1.54, 1.807) is 19.0 Å². The summed E-state index contributed by atoms with van der Waals surface area (Å²) in [6, 6.07) is 2.30. The second-order valence-corrected chi connectivity index (χ2v) is 8.13. The number of nitrogens with one attached hydrogen (secondary N) is 1. The molecule has 0 aromatic carbocycles. The average Bonchev–Trinajstić information content (AvgIpc) is 2.73. The summed E-state index contributed by atoms with van der Waals surface area (Å²) in [4.78, 5) is 33.9. The molecule has 2 saturated heterocycles. The smallest absolute Gasteiger partial charge is 0.355 e. The molecule has 2 fully saturated rings. The van der Waals surface area contributed by atoms with Crippen LogP contribution in [0.1, 0.15) is 31.2 Å². The van der Waals surface area contributed by atoms with Crippen LogP contribution in [0.2, 0.25) is 0 Å². The first-order chi connectivity index (χ1) is 14.1. The summed E-state index contributed by atoms with van der Waals surface area (Å²) in [5, 5.41) is 3.09. The Labute approximate surface area is 174 Å². The van der Waals surface area contributed by atoms with E-state index >= 15 is 0 Å². The number of piperidine rings is 2. The highest BCUT2D eigenvalue weighted by Gasteiger charge is 2.32. The molecule has 166 valence electrons. The summed E-state index contributed by atoms with van der Waals surface area (Å²) in [5.74, 6) is 0.340. The van der Waals surface area contributed by atoms with E-state index < -0.39 is 11.7 Å². The number of halogens is 3. The molecule has 1 N–H and O–H groups in total. The van der Waals surface area contributed by atoms with Crippen LogP contribution in [-0.4, -0.2) is 73.0 Å². The number of carbonyl (C=O) groups excluding carboxylic acids is 2. The third kappa shape index (κ3) is 5.34. The van der Waals surface area contributed by atoms with Crippen molar-refractivity contribution in [3.05, 3.63) is 23.9 Å². The molecule has 0 spiro atoms. The molecule has 1 atom stereocenters. The summed E-state index contributed by atoms with van der Waals surface area (Å²) in [7, 11) is 3.42. The predicted molar refractivity (Wildman–Crippen MR) is 106 cm³/mol. The highest BCUT2D eigenvalue weighted by molar-refractivity contribution is 5.80. The Kier molecular flexibility index (Phi) is 6.72. The van der Waals surface area contributed by atoms with Crippen molar-refractivity contribution < 1.29 is 22.8 Å². The van der Waals surface area contributed by atoms with Crippen molar-refractivity contribution in [2.45, 2.75) is 37.9 Å². The third-order valence-corrected chi connectivity index (χ3v) is 5.69. The summed E-state index contributed by atoms with van der Waals surface area (Å²) >= 11 is 0. The first-order valence-corrected chi connectivity index (χ1v) is 10.2. The minimum absolute atomic E-state index is 0.0146. The number of rotatable bonds is 3. The third-order valence-electron chi connectivity index (χ3n) is 5.69. The van der Waals surface area contributed by atoms with E-state index in [1.807, 2.05) is 4.90 Å². The lowest BCUT2D eigenvalue weighted by atomic mass is 9.95. The molecular formula is C20H28F3N5O2. The summed E-state index contributed by atoms with van der Waals surface area (Å²) < 4.78 is 38.2. The molecule has 0 saturated carbocycles. The Morgan fingerprint density at radius 1 is 1.13 bits per heavy atom. The van der Waals surface area contributed by atoms with Crippen LogP contribution >= 0.6 is 0 Å². The second-order valence-electron chi connectivity index (χ2n) is 8.13. The maximum atomic E-state index is 12.7. The van der Waals surface area contributed by atoms with Crippen LogP contribution in [0, 0.1) is 5.92 Å². The molecule has 3 rings (SSSR count). The minimum Gasteiger partial charge on any atom is -0.355 e. The average molecular weight is 427 g/mol. The van der Waals surface area contributed by atoms with Crippen molar-refractivity contribution in [2.75, 3.05) is 45.2 Å². The summed E-state index contributed by atoms with van der Waals surface area (Å²) in [5.41, 5.74) is -0.771. The molecule has 7 nitrogen and oxygen atoms in total. The van der Waals surface area contributed by atoms with Crippen LogP contribution in [0.5, 0.6) is 0 Å². The molecule has 30 heavy (non-hydrogen) atoms. The van der Waals surface area contributed by atoms with Gasteiger partial charge in [0.25, 0.3) is 0 Å². The largest absolute Gasteiger partial charge is 0.417 e. The van der Waals surface area contributed by atoms with Gasteiger partial charge >= 0.3 is 12.2 Å². The number of hydrogen-bond acceptors (Lipinski definition) is 4. The fourth-order valence-electron chi connectivity index (χ4n) is 3.98. The van der Waals surface area contributed by atoms with Gasteiger partial charge < -0.3 is 20.0 Å². The maximum Gasteiger partial charge on any atom is 0.417 e. The Morgan fingerprint density at radius 3 is 2.40 bits per heavy atom. The van der Waals surface area contributed by atoms with Gasteiger partial charge in [-0.05, 0) is 37.8 Å². The standard InChI is InChI=1S/C20H28F3N5O2/c1-26(2)19(30)27-10-7-14(8-11-27)18(29)25-16-4-3-9-28(13-16)17-6-5-15(12-24-17)20(21,22)23/h5-6,12,14,16H,3-4,7-11,13H2,1-2H3,(H,25,29)/t16-/m0/s1. The lowest BCUT2D eigenvalue weighted by Gasteiger charge is -2.36. The van der Waals surface area contributed by atoms with E-state index in [0.29, 0.717) is 44.8 Å². The SMILES string of the molecule is CN(C)C(=O)N1CCC(C(=O)N[C@H]2CCCN(c3ccc(C(F)(F)F)cn3)C2)CC1. The number of pyridine rings is 1. The van der Waals surface area contributed by atoms with Gasteiger partial charge in [-0.25, -0.2) is 9.78 Å². The van der Waals surface area contributed by atoms with E-state index in [4.69, 9.17) is 0 Å². The number of likely N-dealkylation sites (tertiary alicyclic amines) is 1. The van der Waals surface area contributed by atoms with Crippen molar-refractivity contribution >= 4 is 17.8 Å². The monoisotopic (exact) mass is 427 g/mol. The van der Waals surface area contributed by atoms with Crippen molar-refractivity contribution in [3.8, 4) is 0 Å². The molecular weight excluding hydrogens is 399 g/mol. The number of anilines is 1. The van der Waals surface area contributed by atoms with Gasteiger partial charge in [0.15, 0.2) is 0 Å². The van der Waals surface area contributed by atoms with Crippen LogP contribution < -0.4 is 10.2 Å². The molecule has 0 aliphatic carbocycles. The zero-order chi connectivity index (χ0) is 21.9. The molecule has 0 bridgehead atoms. The maximum absolute atomic E-state index is 12.7. The lowest BCUT2D eigenvalue weighted by Crippen LogP contribution is -2.51. The first kappa shape index (κ1) is 22.2. The zero-order valence-corrected chi connectivity index (χ0v) is 17.3. The molecule has 2 aliphatic heterocycles. The second kappa shape index (κ2) is 9.09. The zero-order valence-electron chi connectivity index (χ0n) is 17.3. The van der Waals surface area contributed by atoms with Crippen molar-refractivity contribution in [3.63, 3.8) is 0 Å². The summed E-state index contributed by atoms with van der Waals surface area (Å²) in [6.45, 7) is 2.32. The van der Waals surface area contributed by atoms with Gasteiger partial charge in [0.05, 0.1) is 5.56 Å². The fraction of sp³-hybridized carbons (Fsp3) is 0.650. The molecule has 1 aromatic rings. The van der Waals surface area contributed by atoms with Crippen molar-refractivity contribution in [1.29, 1.82) is 0 Å². The van der Waals surface area contributed by atoms with Gasteiger partial charge in [-0.2, -0.15) is 13.2 Å². The van der Waals surface area contributed by atoms with Gasteiger partial charge in [-0.3, -0.25) is 4.79 Å². The predicted octanol–water partition coefficient (Wildman–Crippen LogP) is 2.58. The minimum atomic E-state index is -4.41. The van der Waals surface area contributed by atoms with E-state index in [2.05, 4.69) is 10.3 Å². The Bertz CT molecular complexity index is 746. The highest BCUT2D eigenvalue weighted by Crippen LogP contribution is 2.30. The number of hydrogen-bond donors (Lipinski definition) is 1. The van der Waals surface area contributed by atoms with Crippen LogP contribution in [0.4, 0.5) is 23.8 Å². The van der Waals surface area contributed by atoms with Crippen LogP contribution in [0.3, 0.4) is 0 Å². The van der Waals surface area contributed by atoms with Crippen molar-refractivity contribution in [1.82, 2.24) is 20.1 Å². The number of amides is 3. The number of aromatic nitrogens is 1.